The van der Waals surface area contributed by atoms with Gasteiger partial charge in [0.2, 0.25) is 0 Å². The standard InChI is InChI=1S/C18H22O/c1-15(2)13-18(17-11-7-4-8-12-17)19-14-16-9-5-3-6-10-16/h3-12,15,18H,13-14H2,1-2H3. The molecule has 19 heavy (non-hydrogen) atoms. The monoisotopic (exact) mass is 254 g/mol. The second kappa shape index (κ2) is 7.10. The molecule has 0 aliphatic rings. The topological polar surface area (TPSA) is 9.23 Å². The lowest BCUT2D eigenvalue weighted by atomic mass is 9.99. The van der Waals surface area contributed by atoms with Gasteiger partial charge in [0, 0.05) is 0 Å². The Bertz CT molecular complexity index is 462. The molecule has 0 radical (unpaired) electrons. The summed E-state index contributed by atoms with van der Waals surface area (Å²) in [6.45, 7) is 5.15. The zero-order valence-electron chi connectivity index (χ0n) is 11.8. The Balaban J connectivity index is 2.02. The Morgan fingerprint density at radius 2 is 1.42 bits per heavy atom. The molecule has 0 saturated heterocycles. The number of ether oxygens (including phenoxy) is 1. The van der Waals surface area contributed by atoms with Gasteiger partial charge < -0.3 is 4.74 Å². The van der Waals surface area contributed by atoms with E-state index < -0.39 is 0 Å². The van der Waals surface area contributed by atoms with Crippen molar-refractivity contribution >= 4 is 0 Å². The highest BCUT2D eigenvalue weighted by molar-refractivity contribution is 5.18. The third-order valence-electron chi connectivity index (χ3n) is 3.15. The lowest BCUT2D eigenvalue weighted by molar-refractivity contribution is 0.0258. The van der Waals surface area contributed by atoms with E-state index in [1.807, 2.05) is 12.1 Å². The highest BCUT2D eigenvalue weighted by Gasteiger charge is 2.13. The Morgan fingerprint density at radius 1 is 0.842 bits per heavy atom. The van der Waals surface area contributed by atoms with E-state index in [1.165, 1.54) is 11.1 Å². The molecule has 0 aliphatic carbocycles. The van der Waals surface area contributed by atoms with Gasteiger partial charge in [-0.3, -0.25) is 0 Å². The van der Waals surface area contributed by atoms with Gasteiger partial charge in [0.25, 0.3) is 0 Å². The van der Waals surface area contributed by atoms with Crippen LogP contribution in [0.1, 0.15) is 37.5 Å². The molecule has 0 aromatic heterocycles. The second-order valence-corrected chi connectivity index (χ2v) is 5.33. The molecule has 1 atom stereocenters. The number of hydrogen-bond donors (Lipinski definition) is 0. The van der Waals surface area contributed by atoms with E-state index in [0.29, 0.717) is 12.5 Å². The molecule has 1 unspecified atom stereocenters. The summed E-state index contributed by atoms with van der Waals surface area (Å²) in [4.78, 5) is 0. The van der Waals surface area contributed by atoms with Gasteiger partial charge in [-0.1, -0.05) is 74.5 Å². The second-order valence-electron chi connectivity index (χ2n) is 5.33. The molecular formula is C18H22O. The maximum atomic E-state index is 6.13. The van der Waals surface area contributed by atoms with E-state index in [4.69, 9.17) is 4.74 Å². The Kier molecular flexibility index (Phi) is 5.17. The molecule has 0 spiro atoms. The largest absolute Gasteiger partial charge is 0.369 e. The molecule has 0 N–H and O–H groups in total. The van der Waals surface area contributed by atoms with E-state index in [-0.39, 0.29) is 6.10 Å². The van der Waals surface area contributed by atoms with Crippen molar-refractivity contribution in [3.63, 3.8) is 0 Å². The lowest BCUT2D eigenvalue weighted by Crippen LogP contribution is -2.07. The summed E-state index contributed by atoms with van der Waals surface area (Å²) >= 11 is 0. The zero-order valence-corrected chi connectivity index (χ0v) is 11.8. The summed E-state index contributed by atoms with van der Waals surface area (Å²) in [6, 6.07) is 20.9. The third-order valence-corrected chi connectivity index (χ3v) is 3.15. The number of benzene rings is 2. The van der Waals surface area contributed by atoms with Gasteiger partial charge in [-0.2, -0.15) is 0 Å². The minimum absolute atomic E-state index is 0.182. The van der Waals surface area contributed by atoms with Gasteiger partial charge >= 0.3 is 0 Å². The van der Waals surface area contributed by atoms with E-state index in [9.17, 15) is 0 Å². The molecule has 2 rings (SSSR count). The van der Waals surface area contributed by atoms with Gasteiger partial charge in [0.1, 0.15) is 0 Å². The van der Waals surface area contributed by atoms with Crippen LogP contribution in [-0.4, -0.2) is 0 Å². The maximum absolute atomic E-state index is 6.13. The Labute approximate surface area is 116 Å². The van der Waals surface area contributed by atoms with Gasteiger partial charge in [0.15, 0.2) is 0 Å². The van der Waals surface area contributed by atoms with Crippen molar-refractivity contribution in [3.8, 4) is 0 Å². The molecule has 0 bridgehead atoms. The molecule has 1 heteroatoms. The van der Waals surface area contributed by atoms with Crippen LogP contribution in [0.3, 0.4) is 0 Å². The van der Waals surface area contributed by atoms with Crippen LogP contribution < -0.4 is 0 Å². The first-order valence-corrected chi connectivity index (χ1v) is 6.96. The van der Waals surface area contributed by atoms with E-state index in [2.05, 4.69) is 62.4 Å². The van der Waals surface area contributed by atoms with Crippen molar-refractivity contribution in [2.75, 3.05) is 0 Å². The first-order chi connectivity index (χ1) is 9.25. The zero-order chi connectivity index (χ0) is 13.5. The number of hydrogen-bond acceptors (Lipinski definition) is 1. The summed E-state index contributed by atoms with van der Waals surface area (Å²) in [6.07, 6.45) is 1.23. The predicted octanol–water partition coefficient (Wildman–Crippen LogP) is 4.99. The third kappa shape index (κ3) is 4.53. The molecule has 2 aromatic rings. The predicted molar refractivity (Wildman–Crippen MR) is 79.9 cm³/mol. The summed E-state index contributed by atoms with van der Waals surface area (Å²) < 4.78 is 6.13. The Morgan fingerprint density at radius 3 is 2.00 bits per heavy atom. The summed E-state index contributed by atoms with van der Waals surface area (Å²) in [5.41, 5.74) is 2.50. The molecule has 1 nitrogen and oxygen atoms in total. The van der Waals surface area contributed by atoms with Gasteiger partial charge in [-0.25, -0.2) is 0 Å². The minimum atomic E-state index is 0.182. The van der Waals surface area contributed by atoms with Crippen molar-refractivity contribution in [1.29, 1.82) is 0 Å². The van der Waals surface area contributed by atoms with Crippen molar-refractivity contribution in [1.82, 2.24) is 0 Å². The van der Waals surface area contributed by atoms with Crippen molar-refractivity contribution in [2.24, 2.45) is 5.92 Å². The van der Waals surface area contributed by atoms with E-state index in [0.717, 1.165) is 6.42 Å². The smallest absolute Gasteiger partial charge is 0.0831 e. The van der Waals surface area contributed by atoms with Gasteiger partial charge in [0.05, 0.1) is 12.7 Å². The molecule has 0 amide bonds. The SMILES string of the molecule is CC(C)CC(OCc1ccccc1)c1ccccc1. The quantitative estimate of drug-likeness (QED) is 0.705. The summed E-state index contributed by atoms with van der Waals surface area (Å²) in [7, 11) is 0. The number of rotatable bonds is 6. The van der Waals surface area contributed by atoms with Crippen LogP contribution in [0.2, 0.25) is 0 Å². The first kappa shape index (κ1) is 13.8. The molecule has 100 valence electrons. The highest BCUT2D eigenvalue weighted by atomic mass is 16.5. The van der Waals surface area contributed by atoms with Gasteiger partial charge in [-0.15, -0.1) is 0 Å². The van der Waals surface area contributed by atoms with Crippen LogP contribution in [0, 0.1) is 5.92 Å². The van der Waals surface area contributed by atoms with Crippen LogP contribution in [0.5, 0.6) is 0 Å². The van der Waals surface area contributed by atoms with Crippen LogP contribution in [0.4, 0.5) is 0 Å². The molecule has 0 heterocycles. The van der Waals surface area contributed by atoms with Crippen molar-refractivity contribution in [3.05, 3.63) is 71.8 Å². The molecule has 0 saturated carbocycles. The van der Waals surface area contributed by atoms with Crippen molar-refractivity contribution < 1.29 is 4.74 Å². The lowest BCUT2D eigenvalue weighted by Gasteiger charge is -2.20. The average Bonchev–Trinajstić information content (AvgIpc) is 2.45. The van der Waals surface area contributed by atoms with Crippen LogP contribution >= 0.6 is 0 Å². The average molecular weight is 254 g/mol. The molecule has 2 aromatic carbocycles. The summed E-state index contributed by atoms with van der Waals surface area (Å²) in [5.74, 6) is 0.626. The van der Waals surface area contributed by atoms with Crippen molar-refractivity contribution in [2.45, 2.75) is 33.0 Å². The molecular weight excluding hydrogens is 232 g/mol. The molecule has 0 aliphatic heterocycles. The first-order valence-electron chi connectivity index (χ1n) is 6.96. The Hall–Kier alpha value is -1.60. The van der Waals surface area contributed by atoms with Crippen LogP contribution in [-0.2, 0) is 11.3 Å². The normalized spacial score (nSPS) is 12.6. The summed E-state index contributed by atoms with van der Waals surface area (Å²) in [5, 5.41) is 0. The van der Waals surface area contributed by atoms with Crippen LogP contribution in [0.15, 0.2) is 60.7 Å². The maximum Gasteiger partial charge on any atom is 0.0831 e. The minimum Gasteiger partial charge on any atom is -0.369 e. The van der Waals surface area contributed by atoms with E-state index >= 15 is 0 Å². The molecule has 0 fully saturated rings. The van der Waals surface area contributed by atoms with Gasteiger partial charge in [-0.05, 0) is 23.5 Å². The van der Waals surface area contributed by atoms with E-state index in [1.54, 1.807) is 0 Å². The fraction of sp³-hybridized carbons (Fsp3) is 0.333. The fourth-order valence-electron chi connectivity index (χ4n) is 2.17. The van der Waals surface area contributed by atoms with Crippen LogP contribution in [0.25, 0.3) is 0 Å². The highest BCUT2D eigenvalue weighted by Crippen LogP contribution is 2.26. The fourth-order valence-corrected chi connectivity index (χ4v) is 2.17.